The quantitative estimate of drug-likeness (QED) is 0.718. The third kappa shape index (κ3) is 5.17. The van der Waals surface area contributed by atoms with Crippen LogP contribution in [-0.2, 0) is 14.8 Å². The first-order valence-electron chi connectivity index (χ1n) is 10.5. The minimum absolute atomic E-state index is 0. The van der Waals surface area contributed by atoms with E-state index in [1.54, 1.807) is 24.3 Å². The van der Waals surface area contributed by atoms with Gasteiger partial charge in [0.1, 0.15) is 0 Å². The van der Waals surface area contributed by atoms with E-state index in [0.717, 1.165) is 36.5 Å². The van der Waals surface area contributed by atoms with Gasteiger partial charge < -0.3 is 10.2 Å². The number of piperazine rings is 1. The van der Waals surface area contributed by atoms with Gasteiger partial charge in [-0.3, -0.25) is 4.79 Å². The van der Waals surface area contributed by atoms with E-state index in [0.29, 0.717) is 37.2 Å². The van der Waals surface area contributed by atoms with Crippen molar-refractivity contribution in [3.63, 3.8) is 0 Å². The van der Waals surface area contributed by atoms with Crippen LogP contribution in [0.1, 0.15) is 25.7 Å². The maximum absolute atomic E-state index is 13.1. The molecule has 0 unspecified atom stereocenters. The highest BCUT2D eigenvalue weighted by Gasteiger charge is 2.34. The lowest BCUT2D eigenvalue weighted by molar-refractivity contribution is -0.137. The van der Waals surface area contributed by atoms with Gasteiger partial charge in [0.25, 0.3) is 0 Å². The largest absolute Gasteiger partial charge is 0.340 e. The van der Waals surface area contributed by atoms with Gasteiger partial charge >= 0.3 is 0 Å². The third-order valence-corrected chi connectivity index (χ3v) is 8.58. The fourth-order valence-electron chi connectivity index (χ4n) is 4.54. The molecule has 170 valence electrons. The molecule has 0 radical (unpaired) electrons. The van der Waals surface area contributed by atoms with Crippen LogP contribution in [0.4, 0.5) is 0 Å². The first-order valence-corrected chi connectivity index (χ1v) is 12.4. The number of nitrogens with zero attached hydrogens (tertiary/aromatic N) is 2. The predicted octanol–water partition coefficient (Wildman–Crippen LogP) is 3.53. The molecule has 0 aromatic heterocycles. The maximum atomic E-state index is 13.1. The molecule has 1 saturated heterocycles. The Bertz CT molecular complexity index is 1030. The molecular weight excluding hydrogens is 457 g/mol. The topological polar surface area (TPSA) is 69.7 Å². The molecular formula is C22H29Cl2N3O3S. The lowest BCUT2D eigenvalue weighted by Gasteiger charge is -2.37. The number of carbonyl (C=O) groups excluding carboxylic acids is 1. The van der Waals surface area contributed by atoms with Crippen LogP contribution in [0.25, 0.3) is 10.8 Å². The van der Waals surface area contributed by atoms with E-state index in [2.05, 4.69) is 5.32 Å². The number of amides is 1. The summed E-state index contributed by atoms with van der Waals surface area (Å²) in [6.45, 7) is 1.57. The first kappa shape index (κ1) is 24.3. The van der Waals surface area contributed by atoms with Crippen LogP contribution in [0.2, 0.25) is 5.02 Å². The molecule has 1 aliphatic carbocycles. The van der Waals surface area contributed by atoms with E-state index in [-0.39, 0.29) is 29.1 Å². The van der Waals surface area contributed by atoms with Crippen LogP contribution in [-0.4, -0.2) is 62.8 Å². The molecule has 2 aromatic carbocycles. The summed E-state index contributed by atoms with van der Waals surface area (Å²) in [5, 5.41) is 5.66. The summed E-state index contributed by atoms with van der Waals surface area (Å²) < 4.78 is 27.8. The van der Waals surface area contributed by atoms with Gasteiger partial charge in [0.05, 0.1) is 4.90 Å². The van der Waals surface area contributed by atoms with Crippen molar-refractivity contribution >= 4 is 50.7 Å². The fourth-order valence-corrected chi connectivity index (χ4v) is 6.18. The van der Waals surface area contributed by atoms with Gasteiger partial charge in [-0.1, -0.05) is 23.7 Å². The van der Waals surface area contributed by atoms with Gasteiger partial charge in [-0.15, -0.1) is 12.4 Å². The number of hydrogen-bond donors (Lipinski definition) is 1. The highest BCUT2D eigenvalue weighted by atomic mass is 35.5. The molecule has 0 atom stereocenters. The Balaban J connectivity index is 0.00000272. The molecule has 1 heterocycles. The number of benzene rings is 2. The maximum Gasteiger partial charge on any atom is 0.243 e. The number of nitrogens with one attached hydrogen (secondary N) is 1. The fraction of sp³-hybridized carbons (Fsp3) is 0.500. The molecule has 0 spiro atoms. The third-order valence-electron chi connectivity index (χ3n) is 6.45. The molecule has 1 aliphatic heterocycles. The first-order chi connectivity index (χ1) is 14.4. The van der Waals surface area contributed by atoms with Gasteiger partial charge in [0, 0.05) is 43.2 Å². The number of hydrogen-bond acceptors (Lipinski definition) is 4. The van der Waals surface area contributed by atoms with Crippen LogP contribution < -0.4 is 5.32 Å². The smallest absolute Gasteiger partial charge is 0.243 e. The van der Waals surface area contributed by atoms with E-state index in [1.165, 1.54) is 4.31 Å². The second-order valence-electron chi connectivity index (χ2n) is 8.22. The second kappa shape index (κ2) is 10.0. The molecule has 31 heavy (non-hydrogen) atoms. The SMILES string of the molecule is CNC1CCC(C(=O)N2CCN(S(=O)(=O)c3ccc4cc(Cl)ccc4c3)CC2)CC1.Cl. The lowest BCUT2D eigenvalue weighted by Crippen LogP contribution is -2.52. The summed E-state index contributed by atoms with van der Waals surface area (Å²) >= 11 is 6.02. The monoisotopic (exact) mass is 485 g/mol. The predicted molar refractivity (Wildman–Crippen MR) is 126 cm³/mol. The number of carbonyl (C=O) groups is 1. The summed E-state index contributed by atoms with van der Waals surface area (Å²) in [6, 6.07) is 11.0. The van der Waals surface area contributed by atoms with E-state index in [1.807, 2.05) is 24.1 Å². The summed E-state index contributed by atoms with van der Waals surface area (Å²) in [5.41, 5.74) is 0. The molecule has 2 fully saturated rings. The summed E-state index contributed by atoms with van der Waals surface area (Å²) in [6.07, 6.45) is 3.86. The van der Waals surface area contributed by atoms with Crippen LogP contribution in [0, 0.1) is 5.92 Å². The van der Waals surface area contributed by atoms with E-state index >= 15 is 0 Å². The van der Waals surface area contributed by atoms with E-state index < -0.39 is 10.0 Å². The Labute approximate surface area is 195 Å². The second-order valence-corrected chi connectivity index (χ2v) is 10.6. The van der Waals surface area contributed by atoms with Crippen LogP contribution in [0.5, 0.6) is 0 Å². The van der Waals surface area contributed by atoms with E-state index in [9.17, 15) is 13.2 Å². The Hall–Kier alpha value is -1.38. The number of halogens is 2. The Morgan fingerprint density at radius 2 is 1.58 bits per heavy atom. The van der Waals surface area contributed by atoms with Crippen molar-refractivity contribution < 1.29 is 13.2 Å². The van der Waals surface area contributed by atoms with Crippen LogP contribution >= 0.6 is 24.0 Å². The van der Waals surface area contributed by atoms with Gasteiger partial charge in [-0.2, -0.15) is 4.31 Å². The van der Waals surface area contributed by atoms with Crippen LogP contribution in [0.15, 0.2) is 41.3 Å². The molecule has 2 aliphatic rings. The minimum Gasteiger partial charge on any atom is -0.340 e. The van der Waals surface area contributed by atoms with Crippen molar-refractivity contribution in [2.24, 2.45) is 5.92 Å². The zero-order chi connectivity index (χ0) is 21.3. The average Bonchev–Trinajstić information content (AvgIpc) is 2.78. The normalized spacial score (nSPS) is 22.8. The summed E-state index contributed by atoms with van der Waals surface area (Å²) in [4.78, 5) is 15.0. The van der Waals surface area contributed by atoms with E-state index in [4.69, 9.17) is 11.6 Å². The standard InChI is InChI=1S/C22H28ClN3O3S.ClH/c1-24-20-7-3-16(4-8-20)22(27)25-10-12-26(13-11-25)30(28,29)21-9-5-17-14-19(23)6-2-18(17)15-21;/h2,5-6,9,14-16,20,24H,3-4,7-8,10-13H2,1H3;1H. The van der Waals surface area contributed by atoms with Crippen LogP contribution in [0.3, 0.4) is 0 Å². The molecule has 2 aromatic rings. The van der Waals surface area contributed by atoms with Crippen molar-refractivity contribution in [3.8, 4) is 0 Å². The van der Waals surface area contributed by atoms with Gasteiger partial charge in [0.15, 0.2) is 0 Å². The Morgan fingerprint density at radius 3 is 2.23 bits per heavy atom. The highest BCUT2D eigenvalue weighted by molar-refractivity contribution is 7.89. The number of rotatable bonds is 4. The van der Waals surface area contributed by atoms with Gasteiger partial charge in [-0.25, -0.2) is 8.42 Å². The molecule has 6 nitrogen and oxygen atoms in total. The average molecular weight is 486 g/mol. The van der Waals surface area contributed by atoms with Crippen molar-refractivity contribution in [1.82, 2.24) is 14.5 Å². The number of sulfonamides is 1. The van der Waals surface area contributed by atoms with Gasteiger partial charge in [-0.05, 0) is 67.8 Å². The lowest BCUT2D eigenvalue weighted by atomic mass is 9.85. The molecule has 0 bridgehead atoms. The van der Waals surface area contributed by atoms with Gasteiger partial charge in [0.2, 0.25) is 15.9 Å². The number of fused-ring (bicyclic) bond motifs is 1. The summed E-state index contributed by atoms with van der Waals surface area (Å²) in [7, 11) is -1.62. The minimum atomic E-state index is -3.59. The molecule has 9 heteroatoms. The summed E-state index contributed by atoms with van der Waals surface area (Å²) in [5.74, 6) is 0.259. The van der Waals surface area contributed by atoms with Crippen molar-refractivity contribution in [1.29, 1.82) is 0 Å². The highest BCUT2D eigenvalue weighted by Crippen LogP contribution is 2.28. The van der Waals surface area contributed by atoms with Crippen molar-refractivity contribution in [2.75, 3.05) is 33.2 Å². The molecule has 1 N–H and O–H groups in total. The zero-order valence-electron chi connectivity index (χ0n) is 17.6. The molecule has 1 saturated carbocycles. The molecule has 1 amide bonds. The Kier molecular flexibility index (Phi) is 7.86. The zero-order valence-corrected chi connectivity index (χ0v) is 20.0. The van der Waals surface area contributed by atoms with Crippen molar-refractivity contribution in [3.05, 3.63) is 41.4 Å². The molecule has 4 rings (SSSR count). The Morgan fingerprint density at radius 1 is 0.968 bits per heavy atom. The van der Waals surface area contributed by atoms with Crippen molar-refractivity contribution in [2.45, 2.75) is 36.6 Å².